The lowest BCUT2D eigenvalue weighted by Crippen LogP contribution is -2.42. The quantitative estimate of drug-likeness (QED) is 0.164. The monoisotopic (exact) mass is 690 g/mol. The summed E-state index contributed by atoms with van der Waals surface area (Å²) >= 11 is 12.6. The van der Waals surface area contributed by atoms with E-state index in [0.717, 1.165) is 12.1 Å². The van der Waals surface area contributed by atoms with Crippen molar-refractivity contribution in [3.8, 4) is 5.88 Å². The molecule has 246 valence electrons. The Hall–Kier alpha value is -1.79. The highest BCUT2D eigenvalue weighted by molar-refractivity contribution is 6.76. The Bertz CT molecular complexity index is 1470. The Labute approximate surface area is 269 Å². The summed E-state index contributed by atoms with van der Waals surface area (Å²) in [5.74, 6) is 0.109. The largest absolute Gasteiger partial charge is 0.472 e. The summed E-state index contributed by atoms with van der Waals surface area (Å²) in [6.07, 6.45) is -0.170. The third-order valence-corrected chi connectivity index (χ3v) is 11.6. The molecule has 12 nitrogen and oxygen atoms in total. The van der Waals surface area contributed by atoms with Gasteiger partial charge in [-0.3, -0.25) is 18.5 Å². The Morgan fingerprint density at radius 3 is 2.02 bits per heavy atom. The van der Waals surface area contributed by atoms with Crippen LogP contribution in [0.2, 0.25) is 61.7 Å². The predicted molar refractivity (Wildman–Crippen MR) is 174 cm³/mol. The molecule has 2 aromatic rings. The summed E-state index contributed by atoms with van der Waals surface area (Å²) in [7, 11) is -2.55. The molecule has 4 heterocycles. The van der Waals surface area contributed by atoms with Crippen molar-refractivity contribution in [2.75, 3.05) is 26.4 Å². The fourth-order valence-corrected chi connectivity index (χ4v) is 6.88. The minimum Gasteiger partial charge on any atom is -0.472 e. The van der Waals surface area contributed by atoms with Crippen LogP contribution in [0.3, 0.4) is 0 Å². The van der Waals surface area contributed by atoms with Crippen molar-refractivity contribution in [1.29, 1.82) is 0 Å². The fourth-order valence-electron chi connectivity index (χ4n) is 4.94. The van der Waals surface area contributed by atoms with E-state index in [2.05, 4.69) is 44.3 Å². The summed E-state index contributed by atoms with van der Waals surface area (Å²) < 4.78 is 33.0. The van der Waals surface area contributed by atoms with Crippen LogP contribution >= 0.6 is 23.2 Å². The molecule has 2 saturated heterocycles. The van der Waals surface area contributed by atoms with E-state index in [1.54, 1.807) is 0 Å². The Morgan fingerprint density at radius 2 is 1.41 bits per heavy atom. The van der Waals surface area contributed by atoms with E-state index in [9.17, 15) is 14.4 Å². The molecule has 4 unspecified atom stereocenters. The van der Waals surface area contributed by atoms with E-state index in [1.807, 2.05) is 0 Å². The van der Waals surface area contributed by atoms with E-state index in [4.69, 9.17) is 46.9 Å². The molecule has 0 N–H and O–H groups in total. The molecular formula is C28H44Cl2N4O8Si2. The van der Waals surface area contributed by atoms with Gasteiger partial charge in [0.15, 0.2) is 0 Å². The number of ether oxygens (including phenoxy) is 5. The summed E-state index contributed by atoms with van der Waals surface area (Å²) in [5, 5.41) is 0.209. The second-order valence-corrected chi connectivity index (χ2v) is 25.8. The molecule has 2 fully saturated rings. The van der Waals surface area contributed by atoms with Gasteiger partial charge in [0.2, 0.25) is 5.88 Å². The third kappa shape index (κ3) is 9.61. The Balaban J connectivity index is 1.32. The van der Waals surface area contributed by atoms with Gasteiger partial charge in [-0.05, 0) is 18.5 Å². The van der Waals surface area contributed by atoms with Crippen LogP contribution in [0.5, 0.6) is 5.88 Å². The van der Waals surface area contributed by atoms with E-state index in [0.29, 0.717) is 26.1 Å². The minimum absolute atomic E-state index is 0.0254. The van der Waals surface area contributed by atoms with Gasteiger partial charge >= 0.3 is 11.4 Å². The second-order valence-electron chi connectivity index (χ2n) is 13.8. The first-order valence-electron chi connectivity index (χ1n) is 15.0. The van der Waals surface area contributed by atoms with Gasteiger partial charge in [0.05, 0.1) is 31.5 Å². The van der Waals surface area contributed by atoms with Crippen molar-refractivity contribution in [1.82, 2.24) is 18.7 Å². The highest BCUT2D eigenvalue weighted by Crippen LogP contribution is 2.31. The molecule has 2 aliphatic heterocycles. The van der Waals surface area contributed by atoms with Crippen molar-refractivity contribution >= 4 is 39.3 Å². The van der Waals surface area contributed by atoms with Gasteiger partial charge in [0.1, 0.15) is 29.9 Å². The Kier molecular flexibility index (Phi) is 11.8. The van der Waals surface area contributed by atoms with Crippen LogP contribution in [0, 0.1) is 0 Å². The van der Waals surface area contributed by atoms with Crippen LogP contribution in [0.4, 0.5) is 0 Å². The number of aromatic nitrogens is 4. The summed E-state index contributed by atoms with van der Waals surface area (Å²) in [6, 6.07) is 4.18. The van der Waals surface area contributed by atoms with Crippen LogP contribution < -0.4 is 21.7 Å². The zero-order chi connectivity index (χ0) is 32.2. The lowest BCUT2D eigenvalue weighted by Gasteiger charge is -2.19. The molecule has 0 aromatic carbocycles. The molecule has 0 amide bonds. The van der Waals surface area contributed by atoms with E-state index < -0.39 is 39.1 Å². The number of hydrogen-bond donors (Lipinski definition) is 0. The molecule has 44 heavy (non-hydrogen) atoms. The van der Waals surface area contributed by atoms with E-state index in [1.165, 1.54) is 25.8 Å². The van der Waals surface area contributed by atoms with Crippen LogP contribution in [0.1, 0.15) is 18.9 Å². The van der Waals surface area contributed by atoms with Crippen molar-refractivity contribution in [2.45, 2.75) is 102 Å². The molecule has 0 aliphatic carbocycles. The number of nitrogens with zero attached hydrogens (tertiary/aromatic N) is 4. The SMILES string of the molecule is C[Si](C)(C)CCOCn1c(Cl)cc(OC2COC(C3CC(n4c(=O)cc(Cl)n(COCC[Si](C)(C)C)c4=O)CO3)C2)nc1=O. The lowest BCUT2D eigenvalue weighted by atomic mass is 10.0. The zero-order valence-corrected chi connectivity index (χ0v) is 29.9. The van der Waals surface area contributed by atoms with Crippen molar-refractivity contribution < 1.29 is 23.7 Å². The predicted octanol–water partition coefficient (Wildman–Crippen LogP) is 4.06. The maximum Gasteiger partial charge on any atom is 0.353 e. The summed E-state index contributed by atoms with van der Waals surface area (Å²) in [6.45, 7) is 15.0. The first-order valence-corrected chi connectivity index (χ1v) is 23.1. The highest BCUT2D eigenvalue weighted by Gasteiger charge is 2.40. The molecule has 2 aliphatic rings. The molecule has 0 saturated carbocycles. The second kappa shape index (κ2) is 14.8. The normalized spacial score (nSPS) is 22.5. The van der Waals surface area contributed by atoms with Crippen LogP contribution in [0.25, 0.3) is 0 Å². The third-order valence-electron chi connectivity index (χ3n) is 7.61. The van der Waals surface area contributed by atoms with Gasteiger partial charge in [-0.1, -0.05) is 62.5 Å². The first-order chi connectivity index (χ1) is 20.6. The summed E-state index contributed by atoms with van der Waals surface area (Å²) in [4.78, 5) is 42.7. The topological polar surface area (TPSA) is 125 Å². The van der Waals surface area contributed by atoms with Gasteiger partial charge in [-0.2, -0.15) is 4.98 Å². The Morgan fingerprint density at radius 1 is 0.841 bits per heavy atom. The van der Waals surface area contributed by atoms with Crippen LogP contribution in [0.15, 0.2) is 26.5 Å². The minimum atomic E-state index is -1.30. The lowest BCUT2D eigenvalue weighted by molar-refractivity contribution is -0.0186. The van der Waals surface area contributed by atoms with Gasteiger partial charge < -0.3 is 23.7 Å². The van der Waals surface area contributed by atoms with Crippen molar-refractivity contribution in [3.05, 3.63) is 53.8 Å². The highest BCUT2D eigenvalue weighted by atomic mass is 35.5. The van der Waals surface area contributed by atoms with Gasteiger partial charge in [-0.25, -0.2) is 9.59 Å². The van der Waals surface area contributed by atoms with Crippen molar-refractivity contribution in [3.63, 3.8) is 0 Å². The number of rotatable bonds is 14. The smallest absolute Gasteiger partial charge is 0.353 e. The van der Waals surface area contributed by atoms with E-state index >= 15 is 0 Å². The first kappa shape index (κ1) is 35.1. The summed E-state index contributed by atoms with van der Waals surface area (Å²) in [5.41, 5.74) is -1.57. The van der Waals surface area contributed by atoms with Gasteiger partial charge in [-0.15, -0.1) is 0 Å². The molecule has 4 rings (SSSR count). The van der Waals surface area contributed by atoms with Crippen LogP contribution in [-0.4, -0.2) is 79.6 Å². The number of hydrogen-bond acceptors (Lipinski definition) is 9. The molecule has 0 spiro atoms. The standard InChI is InChI=1S/C28H44Cl2N4O8Si2/c1-43(2,3)9-7-38-17-32-23(29)13-25(31-27(32)36)42-20-12-22(41-16-20)21-11-19(15-40-21)34-26(35)14-24(30)33(28(34)37)18-39-8-10-44(4,5)6/h13-14,19-22H,7-12,15-18H2,1-6H3. The van der Waals surface area contributed by atoms with Crippen LogP contribution in [-0.2, 0) is 32.4 Å². The average Bonchev–Trinajstić information content (AvgIpc) is 3.56. The maximum atomic E-state index is 13.3. The van der Waals surface area contributed by atoms with E-state index in [-0.39, 0.29) is 61.2 Å². The average molecular weight is 692 g/mol. The molecule has 4 atom stereocenters. The molecule has 2 aromatic heterocycles. The fraction of sp³-hybridized carbons (Fsp3) is 0.714. The number of halogens is 2. The van der Waals surface area contributed by atoms with Gasteiger partial charge in [0.25, 0.3) is 5.56 Å². The molecule has 0 bridgehead atoms. The van der Waals surface area contributed by atoms with Gasteiger partial charge in [0, 0.05) is 47.9 Å². The van der Waals surface area contributed by atoms with Crippen molar-refractivity contribution in [2.24, 2.45) is 0 Å². The molecule has 16 heteroatoms. The molecular weight excluding hydrogens is 647 g/mol. The zero-order valence-electron chi connectivity index (χ0n) is 26.3. The molecule has 0 radical (unpaired) electrons. The maximum absolute atomic E-state index is 13.3.